The van der Waals surface area contributed by atoms with E-state index in [0.29, 0.717) is 0 Å². The molecular formula is C10H15FN4O3. The SMILES string of the molecule is Cc1c(F)nc(NN)c([N+](=O)[O-])c1OC(C)(C)C. The third kappa shape index (κ3) is 2.83. The lowest BCUT2D eigenvalue weighted by Crippen LogP contribution is -2.25. The predicted molar refractivity (Wildman–Crippen MR) is 63.8 cm³/mol. The predicted octanol–water partition coefficient (Wildman–Crippen LogP) is 1.90. The van der Waals surface area contributed by atoms with Gasteiger partial charge in [0.05, 0.1) is 10.5 Å². The molecule has 0 radical (unpaired) electrons. The fraction of sp³-hybridized carbons (Fsp3) is 0.500. The van der Waals surface area contributed by atoms with E-state index in [1.807, 2.05) is 5.43 Å². The molecule has 1 rings (SSSR count). The third-order valence-corrected chi connectivity index (χ3v) is 2.03. The van der Waals surface area contributed by atoms with Crippen LogP contribution >= 0.6 is 0 Å². The Hall–Kier alpha value is -1.96. The Balaban J connectivity index is 3.53. The Morgan fingerprint density at radius 1 is 1.50 bits per heavy atom. The average Bonchev–Trinajstić information content (AvgIpc) is 2.21. The first kappa shape index (κ1) is 14.1. The van der Waals surface area contributed by atoms with E-state index in [0.717, 1.165) is 0 Å². The second kappa shape index (κ2) is 4.73. The Morgan fingerprint density at radius 2 is 2.06 bits per heavy atom. The Morgan fingerprint density at radius 3 is 2.44 bits per heavy atom. The first-order chi connectivity index (χ1) is 8.17. The molecule has 0 spiro atoms. The van der Waals surface area contributed by atoms with Crippen LogP contribution in [0.25, 0.3) is 0 Å². The van der Waals surface area contributed by atoms with Crippen LogP contribution in [-0.4, -0.2) is 15.5 Å². The van der Waals surface area contributed by atoms with Crippen molar-refractivity contribution in [2.75, 3.05) is 5.43 Å². The number of nitrogen functional groups attached to an aromatic ring is 1. The molecule has 0 saturated carbocycles. The maximum atomic E-state index is 13.5. The Bertz CT molecular complexity index is 485. The van der Waals surface area contributed by atoms with Crippen LogP contribution in [0.4, 0.5) is 15.9 Å². The normalized spacial score (nSPS) is 11.2. The number of nitrogens with two attached hydrogens (primary N) is 1. The lowest BCUT2D eigenvalue weighted by molar-refractivity contribution is -0.385. The molecule has 0 amide bonds. The summed E-state index contributed by atoms with van der Waals surface area (Å²) in [4.78, 5) is 13.7. The number of hydrogen-bond acceptors (Lipinski definition) is 6. The zero-order valence-electron chi connectivity index (χ0n) is 10.6. The van der Waals surface area contributed by atoms with Crippen LogP contribution in [0.15, 0.2) is 0 Å². The summed E-state index contributed by atoms with van der Waals surface area (Å²) in [6.45, 7) is 6.45. The van der Waals surface area contributed by atoms with Crippen molar-refractivity contribution in [2.24, 2.45) is 5.84 Å². The average molecular weight is 258 g/mol. The molecule has 1 heterocycles. The number of aromatic nitrogens is 1. The molecule has 0 saturated heterocycles. The van der Waals surface area contributed by atoms with Gasteiger partial charge in [0, 0.05) is 0 Å². The largest absolute Gasteiger partial charge is 0.481 e. The highest BCUT2D eigenvalue weighted by Gasteiger charge is 2.30. The van der Waals surface area contributed by atoms with Crippen LogP contribution in [0.2, 0.25) is 0 Å². The first-order valence-electron chi connectivity index (χ1n) is 5.17. The summed E-state index contributed by atoms with van der Waals surface area (Å²) >= 11 is 0. The number of rotatable bonds is 3. The molecule has 0 aromatic carbocycles. The van der Waals surface area contributed by atoms with E-state index in [1.165, 1.54) is 6.92 Å². The van der Waals surface area contributed by atoms with E-state index in [4.69, 9.17) is 10.6 Å². The summed E-state index contributed by atoms with van der Waals surface area (Å²) in [6, 6.07) is 0. The van der Waals surface area contributed by atoms with Gasteiger partial charge in [-0.25, -0.2) is 5.84 Å². The highest BCUT2D eigenvalue weighted by molar-refractivity contribution is 5.66. The number of hydrogen-bond donors (Lipinski definition) is 2. The molecule has 0 atom stereocenters. The summed E-state index contributed by atoms with van der Waals surface area (Å²) in [5.74, 6) is 3.69. The van der Waals surface area contributed by atoms with Gasteiger partial charge in [-0.05, 0) is 27.7 Å². The van der Waals surface area contributed by atoms with Crippen molar-refractivity contribution < 1.29 is 14.1 Å². The van der Waals surface area contributed by atoms with Crippen molar-refractivity contribution in [1.82, 2.24) is 4.98 Å². The van der Waals surface area contributed by atoms with Gasteiger partial charge in [0.1, 0.15) is 5.60 Å². The summed E-state index contributed by atoms with van der Waals surface area (Å²) in [5.41, 5.74) is 0.773. The molecule has 0 bridgehead atoms. The Labute approximate surface area is 103 Å². The summed E-state index contributed by atoms with van der Waals surface area (Å²) in [7, 11) is 0. The summed E-state index contributed by atoms with van der Waals surface area (Å²) in [5, 5.41) is 11.0. The molecule has 0 aliphatic rings. The number of nitrogens with zero attached hydrogens (tertiary/aromatic N) is 2. The molecule has 1 aromatic heterocycles. The maximum absolute atomic E-state index is 13.5. The smallest absolute Gasteiger partial charge is 0.354 e. The van der Waals surface area contributed by atoms with E-state index in [2.05, 4.69) is 4.98 Å². The Kier molecular flexibility index (Phi) is 3.70. The summed E-state index contributed by atoms with van der Waals surface area (Å²) in [6.07, 6.45) is 0. The van der Waals surface area contributed by atoms with Gasteiger partial charge in [-0.3, -0.25) is 10.1 Å². The van der Waals surface area contributed by atoms with Gasteiger partial charge < -0.3 is 10.2 Å². The minimum Gasteiger partial charge on any atom is -0.481 e. The number of anilines is 1. The van der Waals surface area contributed by atoms with Crippen molar-refractivity contribution in [1.29, 1.82) is 0 Å². The molecule has 0 aliphatic heterocycles. The van der Waals surface area contributed by atoms with Gasteiger partial charge in [-0.1, -0.05) is 0 Å². The molecule has 8 heteroatoms. The number of nitro groups is 1. The lowest BCUT2D eigenvalue weighted by atomic mass is 10.1. The number of nitrogens with one attached hydrogen (secondary N) is 1. The van der Waals surface area contributed by atoms with Crippen LogP contribution in [0.5, 0.6) is 5.75 Å². The third-order valence-electron chi connectivity index (χ3n) is 2.03. The number of ether oxygens (including phenoxy) is 1. The van der Waals surface area contributed by atoms with Crippen LogP contribution in [0.1, 0.15) is 26.3 Å². The minimum atomic E-state index is -0.868. The topological polar surface area (TPSA) is 103 Å². The van der Waals surface area contributed by atoms with Gasteiger partial charge in [-0.2, -0.15) is 9.37 Å². The minimum absolute atomic E-state index is 0.0318. The summed E-state index contributed by atoms with van der Waals surface area (Å²) < 4.78 is 19.0. The first-order valence-corrected chi connectivity index (χ1v) is 5.17. The monoisotopic (exact) mass is 258 g/mol. The van der Waals surface area contributed by atoms with Gasteiger partial charge in [-0.15, -0.1) is 0 Å². The van der Waals surface area contributed by atoms with E-state index in [-0.39, 0.29) is 17.1 Å². The van der Waals surface area contributed by atoms with Gasteiger partial charge in [0.2, 0.25) is 17.5 Å². The molecule has 100 valence electrons. The van der Waals surface area contributed by atoms with Crippen LogP contribution in [-0.2, 0) is 0 Å². The number of halogens is 1. The van der Waals surface area contributed by atoms with Gasteiger partial charge in [0.25, 0.3) is 0 Å². The second-order valence-corrected chi connectivity index (χ2v) is 4.67. The zero-order valence-corrected chi connectivity index (χ0v) is 10.6. The fourth-order valence-corrected chi connectivity index (χ4v) is 1.31. The zero-order chi connectivity index (χ0) is 14.1. The van der Waals surface area contributed by atoms with Crippen molar-refractivity contribution >= 4 is 11.5 Å². The quantitative estimate of drug-likeness (QED) is 0.371. The van der Waals surface area contributed by atoms with E-state index in [1.54, 1.807) is 20.8 Å². The van der Waals surface area contributed by atoms with E-state index >= 15 is 0 Å². The molecule has 3 N–H and O–H groups in total. The van der Waals surface area contributed by atoms with Crippen LogP contribution < -0.4 is 16.0 Å². The highest BCUT2D eigenvalue weighted by Crippen LogP contribution is 2.38. The standard InChI is InChI=1S/C10H15FN4O3/c1-5-7(18-10(2,3)4)6(15(16)17)9(14-12)13-8(5)11/h12H2,1-4H3,(H,13,14). The van der Waals surface area contributed by atoms with Crippen molar-refractivity contribution in [3.63, 3.8) is 0 Å². The van der Waals surface area contributed by atoms with Crippen LogP contribution in [0.3, 0.4) is 0 Å². The second-order valence-electron chi connectivity index (χ2n) is 4.67. The van der Waals surface area contributed by atoms with Crippen molar-refractivity contribution in [3.8, 4) is 5.75 Å². The highest BCUT2D eigenvalue weighted by atomic mass is 19.1. The molecular weight excluding hydrogens is 243 g/mol. The number of hydrazine groups is 1. The number of pyridine rings is 1. The van der Waals surface area contributed by atoms with Crippen molar-refractivity contribution in [2.45, 2.75) is 33.3 Å². The molecule has 18 heavy (non-hydrogen) atoms. The molecule has 7 nitrogen and oxygen atoms in total. The molecule has 0 fully saturated rings. The van der Waals surface area contributed by atoms with E-state index in [9.17, 15) is 14.5 Å². The molecule has 0 aliphatic carbocycles. The van der Waals surface area contributed by atoms with Crippen molar-refractivity contribution in [3.05, 3.63) is 21.6 Å². The van der Waals surface area contributed by atoms with Crippen LogP contribution in [0, 0.1) is 23.0 Å². The van der Waals surface area contributed by atoms with E-state index < -0.39 is 22.2 Å². The molecule has 0 unspecified atom stereocenters. The fourth-order valence-electron chi connectivity index (χ4n) is 1.31. The lowest BCUT2D eigenvalue weighted by Gasteiger charge is -2.22. The van der Waals surface area contributed by atoms with Gasteiger partial charge in [0.15, 0.2) is 0 Å². The maximum Gasteiger partial charge on any atom is 0.354 e. The van der Waals surface area contributed by atoms with Gasteiger partial charge >= 0.3 is 5.69 Å². The molecule has 1 aromatic rings.